The predicted octanol–water partition coefficient (Wildman–Crippen LogP) is 7.06. The van der Waals surface area contributed by atoms with Crippen molar-refractivity contribution in [2.45, 2.75) is 89.8 Å². The first-order chi connectivity index (χ1) is 12.3. The van der Waals surface area contributed by atoms with Crippen LogP contribution in [0.5, 0.6) is 0 Å². The summed E-state index contributed by atoms with van der Waals surface area (Å²) in [5.41, 5.74) is 2.90. The quantitative estimate of drug-likeness (QED) is 0.479. The Bertz CT molecular complexity index is 561. The van der Waals surface area contributed by atoms with Gasteiger partial charge in [0, 0.05) is 4.47 Å². The van der Waals surface area contributed by atoms with Crippen molar-refractivity contribution in [3.8, 4) is 0 Å². The maximum Gasteiger partial charge on any atom is 0.0723 e. The molecule has 2 aliphatic carbocycles. The van der Waals surface area contributed by atoms with E-state index in [4.69, 9.17) is 4.74 Å². The van der Waals surface area contributed by atoms with Crippen molar-refractivity contribution in [3.05, 3.63) is 33.8 Å². The Morgan fingerprint density at radius 1 is 0.720 bits per heavy atom. The minimum Gasteiger partial charge on any atom is -0.373 e. The van der Waals surface area contributed by atoms with E-state index in [2.05, 4.69) is 34.1 Å². The van der Waals surface area contributed by atoms with Crippen LogP contribution < -0.4 is 0 Å². The predicted molar refractivity (Wildman–Crippen MR) is 108 cm³/mol. The molecule has 0 spiro atoms. The van der Waals surface area contributed by atoms with Crippen LogP contribution >= 0.6 is 15.9 Å². The molecule has 2 fully saturated rings. The van der Waals surface area contributed by atoms with Crippen LogP contribution in [0.15, 0.2) is 22.7 Å². The third kappa shape index (κ3) is 4.50. The van der Waals surface area contributed by atoms with Gasteiger partial charge in [0.15, 0.2) is 0 Å². The van der Waals surface area contributed by atoms with Crippen molar-refractivity contribution in [2.75, 3.05) is 0 Å². The van der Waals surface area contributed by atoms with Crippen LogP contribution in [-0.4, -0.2) is 6.10 Å². The lowest BCUT2D eigenvalue weighted by atomic mass is 9.81. The second-order valence-corrected chi connectivity index (χ2v) is 9.66. The van der Waals surface area contributed by atoms with Crippen LogP contribution in [0, 0.1) is 17.8 Å². The van der Waals surface area contributed by atoms with E-state index < -0.39 is 0 Å². The SMILES string of the molecule is Brc1ccc2c(c1)CC(C1CCCC(C3CCCCCC3)CC1)OC2. The number of fused-ring (bicyclic) bond motifs is 1. The molecule has 1 aromatic rings. The number of hydrogen-bond donors (Lipinski definition) is 0. The molecule has 1 aromatic carbocycles. The molecular formula is C23H33BrO. The molecule has 4 rings (SSSR count). The zero-order valence-electron chi connectivity index (χ0n) is 15.5. The number of benzene rings is 1. The van der Waals surface area contributed by atoms with Gasteiger partial charge in [0.1, 0.15) is 0 Å². The zero-order valence-corrected chi connectivity index (χ0v) is 17.1. The third-order valence-electron chi connectivity index (χ3n) is 7.19. The van der Waals surface area contributed by atoms with Gasteiger partial charge in [0.25, 0.3) is 0 Å². The fraction of sp³-hybridized carbons (Fsp3) is 0.739. The average molecular weight is 405 g/mol. The summed E-state index contributed by atoms with van der Waals surface area (Å²) in [7, 11) is 0. The van der Waals surface area contributed by atoms with E-state index in [-0.39, 0.29) is 0 Å². The second-order valence-electron chi connectivity index (χ2n) is 8.75. The molecule has 3 atom stereocenters. The van der Waals surface area contributed by atoms with Gasteiger partial charge in [-0.2, -0.15) is 0 Å². The summed E-state index contributed by atoms with van der Waals surface area (Å²) in [4.78, 5) is 0. The first-order valence-corrected chi connectivity index (χ1v) is 11.5. The van der Waals surface area contributed by atoms with Crippen LogP contribution in [0.1, 0.15) is 81.8 Å². The Morgan fingerprint density at radius 2 is 1.40 bits per heavy atom. The molecule has 3 aliphatic rings. The van der Waals surface area contributed by atoms with Crippen molar-refractivity contribution in [2.24, 2.45) is 17.8 Å². The Morgan fingerprint density at radius 3 is 2.24 bits per heavy atom. The molecule has 1 nitrogen and oxygen atoms in total. The van der Waals surface area contributed by atoms with Crippen LogP contribution in [0.2, 0.25) is 0 Å². The van der Waals surface area contributed by atoms with E-state index in [1.807, 2.05) is 0 Å². The van der Waals surface area contributed by atoms with Gasteiger partial charge >= 0.3 is 0 Å². The monoisotopic (exact) mass is 404 g/mol. The van der Waals surface area contributed by atoms with Crippen molar-refractivity contribution in [1.82, 2.24) is 0 Å². The summed E-state index contributed by atoms with van der Waals surface area (Å²) >= 11 is 3.64. The van der Waals surface area contributed by atoms with Crippen molar-refractivity contribution < 1.29 is 4.74 Å². The van der Waals surface area contributed by atoms with Crippen molar-refractivity contribution >= 4 is 15.9 Å². The molecule has 1 heterocycles. The van der Waals surface area contributed by atoms with E-state index in [1.165, 1.54) is 86.2 Å². The highest BCUT2D eigenvalue weighted by molar-refractivity contribution is 9.10. The first kappa shape index (κ1) is 18.0. The van der Waals surface area contributed by atoms with Crippen molar-refractivity contribution in [1.29, 1.82) is 0 Å². The standard InChI is InChI=1S/C23H33BrO/c24-22-13-12-20-16-25-23(15-21(20)14-22)19-9-5-8-18(10-11-19)17-6-3-1-2-4-7-17/h12-14,17-19,23H,1-11,15-16H2. The summed E-state index contributed by atoms with van der Waals surface area (Å²) in [6, 6.07) is 6.69. The number of halogens is 1. The third-order valence-corrected chi connectivity index (χ3v) is 7.69. The number of ether oxygens (including phenoxy) is 1. The molecule has 25 heavy (non-hydrogen) atoms. The smallest absolute Gasteiger partial charge is 0.0723 e. The molecule has 0 aromatic heterocycles. The maximum absolute atomic E-state index is 6.32. The molecule has 0 saturated heterocycles. The first-order valence-electron chi connectivity index (χ1n) is 10.7. The molecule has 0 radical (unpaired) electrons. The van der Waals surface area contributed by atoms with E-state index in [1.54, 1.807) is 0 Å². The van der Waals surface area contributed by atoms with Gasteiger partial charge < -0.3 is 4.74 Å². The Kier molecular flexibility index (Phi) is 6.18. The average Bonchev–Trinajstić information content (AvgIpc) is 3.04. The summed E-state index contributed by atoms with van der Waals surface area (Å²) in [6.07, 6.45) is 17.7. The van der Waals surface area contributed by atoms with Crippen LogP contribution in [0.25, 0.3) is 0 Å². The Hall–Kier alpha value is -0.340. The van der Waals surface area contributed by atoms with Crippen LogP contribution in [-0.2, 0) is 17.8 Å². The van der Waals surface area contributed by atoms with Gasteiger partial charge in [-0.1, -0.05) is 73.4 Å². The lowest BCUT2D eigenvalue weighted by molar-refractivity contribution is -0.0147. The minimum absolute atomic E-state index is 0.453. The van der Waals surface area contributed by atoms with Crippen LogP contribution in [0.3, 0.4) is 0 Å². The fourth-order valence-corrected chi connectivity index (χ4v) is 6.09. The highest BCUT2D eigenvalue weighted by atomic mass is 79.9. The maximum atomic E-state index is 6.32. The largest absolute Gasteiger partial charge is 0.373 e. The molecule has 0 N–H and O–H groups in total. The zero-order chi connectivity index (χ0) is 17.1. The Balaban J connectivity index is 1.36. The van der Waals surface area contributed by atoms with Gasteiger partial charge in [-0.05, 0) is 66.7 Å². The lowest BCUT2D eigenvalue weighted by Crippen LogP contribution is -2.30. The molecular weight excluding hydrogens is 372 g/mol. The summed E-state index contributed by atoms with van der Waals surface area (Å²) < 4.78 is 7.53. The highest BCUT2D eigenvalue weighted by Gasteiger charge is 2.31. The number of hydrogen-bond acceptors (Lipinski definition) is 1. The molecule has 2 saturated carbocycles. The normalized spacial score (nSPS) is 31.8. The van der Waals surface area contributed by atoms with Gasteiger partial charge in [-0.15, -0.1) is 0 Å². The van der Waals surface area contributed by atoms with Gasteiger partial charge in [-0.3, -0.25) is 0 Å². The molecule has 2 heteroatoms. The van der Waals surface area contributed by atoms with E-state index in [0.717, 1.165) is 30.8 Å². The van der Waals surface area contributed by atoms with E-state index in [9.17, 15) is 0 Å². The Labute approximate surface area is 162 Å². The lowest BCUT2D eigenvalue weighted by Gasteiger charge is -2.32. The van der Waals surface area contributed by atoms with E-state index >= 15 is 0 Å². The summed E-state index contributed by atoms with van der Waals surface area (Å²) in [6.45, 7) is 0.815. The molecule has 3 unspecified atom stereocenters. The highest BCUT2D eigenvalue weighted by Crippen LogP contribution is 2.40. The topological polar surface area (TPSA) is 9.23 Å². The van der Waals surface area contributed by atoms with Gasteiger partial charge in [0.2, 0.25) is 0 Å². The molecule has 138 valence electrons. The van der Waals surface area contributed by atoms with Gasteiger partial charge in [-0.25, -0.2) is 0 Å². The van der Waals surface area contributed by atoms with Gasteiger partial charge in [0.05, 0.1) is 12.7 Å². The minimum atomic E-state index is 0.453. The fourth-order valence-electron chi connectivity index (χ4n) is 5.69. The molecule has 0 amide bonds. The second kappa shape index (κ2) is 8.57. The number of rotatable bonds is 2. The van der Waals surface area contributed by atoms with Crippen LogP contribution in [0.4, 0.5) is 0 Å². The molecule has 1 aliphatic heterocycles. The molecule has 0 bridgehead atoms. The van der Waals surface area contributed by atoms with Crippen molar-refractivity contribution in [3.63, 3.8) is 0 Å². The van der Waals surface area contributed by atoms with E-state index in [0.29, 0.717) is 6.10 Å². The summed E-state index contributed by atoms with van der Waals surface area (Å²) in [5, 5.41) is 0. The summed E-state index contributed by atoms with van der Waals surface area (Å²) in [5.74, 6) is 2.82.